The fraction of sp³-hybridized carbons (Fsp3) is 0.353. The van der Waals surface area contributed by atoms with Crippen LogP contribution in [0.1, 0.15) is 11.9 Å². The first-order valence-corrected chi connectivity index (χ1v) is 8.65. The van der Waals surface area contributed by atoms with Crippen LogP contribution in [0.3, 0.4) is 0 Å². The van der Waals surface area contributed by atoms with Gasteiger partial charge < -0.3 is 14.6 Å². The molecule has 0 spiro atoms. The Morgan fingerprint density at radius 2 is 2.28 bits per heavy atom. The van der Waals surface area contributed by atoms with Crippen LogP contribution in [-0.4, -0.2) is 48.3 Å². The summed E-state index contributed by atoms with van der Waals surface area (Å²) < 4.78 is 10.6. The van der Waals surface area contributed by atoms with Crippen molar-refractivity contribution in [2.24, 2.45) is 0 Å². The molecule has 0 saturated carbocycles. The van der Waals surface area contributed by atoms with Crippen molar-refractivity contribution < 1.29 is 24.2 Å². The van der Waals surface area contributed by atoms with Gasteiger partial charge in [0.15, 0.2) is 6.10 Å². The van der Waals surface area contributed by atoms with E-state index < -0.39 is 18.6 Å². The second kappa shape index (κ2) is 7.20. The molecule has 2 heterocycles. The maximum absolute atomic E-state index is 12.3. The fourth-order valence-corrected chi connectivity index (χ4v) is 3.40. The lowest BCUT2D eigenvalue weighted by Gasteiger charge is -2.32. The zero-order valence-corrected chi connectivity index (χ0v) is 14.7. The molecule has 0 fully saturated rings. The number of carbonyl (C=O) groups excluding carboxylic acids is 1. The Balaban J connectivity index is 1.94. The first kappa shape index (κ1) is 17.4. The number of hydrogen-bond donors (Lipinski definition) is 1. The third-order valence-corrected chi connectivity index (χ3v) is 4.74. The molecule has 1 N–H and O–H groups in total. The van der Waals surface area contributed by atoms with Crippen molar-refractivity contribution in [1.29, 1.82) is 0 Å². The van der Waals surface area contributed by atoms with Gasteiger partial charge in [0, 0.05) is 24.5 Å². The van der Waals surface area contributed by atoms with Gasteiger partial charge in [-0.2, -0.15) is 0 Å². The summed E-state index contributed by atoms with van der Waals surface area (Å²) in [6, 6.07) is 5.35. The molecule has 7 nitrogen and oxygen atoms in total. The fourth-order valence-electron chi connectivity index (χ4n) is 2.61. The number of aromatic nitrogens is 1. The number of amides is 1. The van der Waals surface area contributed by atoms with E-state index in [0.29, 0.717) is 18.0 Å². The number of rotatable bonds is 6. The minimum absolute atomic E-state index is 0.369. The van der Waals surface area contributed by atoms with E-state index in [1.54, 1.807) is 26.2 Å². The average molecular weight is 362 g/mol. The smallest absolute Gasteiger partial charge is 0.323 e. The molecule has 25 heavy (non-hydrogen) atoms. The predicted octanol–water partition coefficient (Wildman–Crippen LogP) is 2.20. The second-order valence-corrected chi connectivity index (χ2v) is 6.57. The number of nitrogens with zero attached hydrogens (tertiary/aromatic N) is 2. The first-order chi connectivity index (χ1) is 12.0. The van der Waals surface area contributed by atoms with Crippen LogP contribution in [0.4, 0.5) is 5.69 Å². The molecule has 1 aliphatic heterocycles. The van der Waals surface area contributed by atoms with E-state index in [1.807, 2.05) is 11.4 Å². The van der Waals surface area contributed by atoms with E-state index in [4.69, 9.17) is 14.6 Å². The number of carbonyl (C=O) groups is 2. The molecule has 1 aliphatic rings. The van der Waals surface area contributed by atoms with Crippen LogP contribution in [0, 0.1) is 0 Å². The lowest BCUT2D eigenvalue weighted by Crippen LogP contribution is -2.46. The number of ether oxygens (including phenoxy) is 2. The monoisotopic (exact) mass is 362 g/mol. The zero-order chi connectivity index (χ0) is 18.0. The molecule has 8 heteroatoms. The second-order valence-electron chi connectivity index (χ2n) is 5.63. The Morgan fingerprint density at radius 1 is 1.48 bits per heavy atom. The van der Waals surface area contributed by atoms with Gasteiger partial charge in [0.1, 0.15) is 12.3 Å². The topological polar surface area (TPSA) is 89.0 Å². The van der Waals surface area contributed by atoms with Crippen LogP contribution in [0.25, 0.3) is 11.3 Å². The number of carboxylic acids is 1. The molecule has 1 atom stereocenters. The summed E-state index contributed by atoms with van der Waals surface area (Å²) in [5.74, 6) is -0.952. The molecule has 2 aromatic rings. The lowest BCUT2D eigenvalue weighted by atomic mass is 10.1. The molecule has 0 bridgehead atoms. The van der Waals surface area contributed by atoms with E-state index in [1.165, 1.54) is 16.2 Å². The first-order valence-electron chi connectivity index (χ1n) is 7.77. The van der Waals surface area contributed by atoms with Gasteiger partial charge in [-0.25, -0.2) is 4.98 Å². The maximum Gasteiger partial charge on any atom is 0.323 e. The van der Waals surface area contributed by atoms with Crippen molar-refractivity contribution in [3.05, 3.63) is 28.6 Å². The highest BCUT2D eigenvalue weighted by Gasteiger charge is 2.33. The van der Waals surface area contributed by atoms with Crippen LogP contribution in [0.2, 0.25) is 0 Å². The van der Waals surface area contributed by atoms with Crippen molar-refractivity contribution in [2.75, 3.05) is 25.2 Å². The molecule has 1 aromatic heterocycles. The lowest BCUT2D eigenvalue weighted by molar-refractivity contribution is -0.137. The molecule has 0 radical (unpaired) electrons. The van der Waals surface area contributed by atoms with Crippen LogP contribution in [0.5, 0.6) is 5.75 Å². The summed E-state index contributed by atoms with van der Waals surface area (Å²) in [5.41, 5.74) is 2.04. The van der Waals surface area contributed by atoms with Crippen molar-refractivity contribution in [2.45, 2.75) is 19.4 Å². The van der Waals surface area contributed by atoms with Gasteiger partial charge in [-0.3, -0.25) is 14.5 Å². The molecule has 0 saturated heterocycles. The quantitative estimate of drug-likeness (QED) is 0.847. The zero-order valence-electron chi connectivity index (χ0n) is 13.9. The number of methoxy groups -OCH3 is 1. The Kier molecular flexibility index (Phi) is 5.00. The van der Waals surface area contributed by atoms with Gasteiger partial charge in [0.05, 0.1) is 23.0 Å². The number of carboxylic acid groups (broad SMARTS) is 1. The molecule has 1 aromatic carbocycles. The van der Waals surface area contributed by atoms with E-state index >= 15 is 0 Å². The van der Waals surface area contributed by atoms with E-state index in [-0.39, 0.29) is 5.91 Å². The number of hydrogen-bond acceptors (Lipinski definition) is 6. The number of thiazole rings is 1. The van der Waals surface area contributed by atoms with Crippen molar-refractivity contribution >= 4 is 28.9 Å². The van der Waals surface area contributed by atoms with Gasteiger partial charge >= 0.3 is 5.97 Å². The molecule has 132 valence electrons. The molecular weight excluding hydrogens is 344 g/mol. The van der Waals surface area contributed by atoms with Crippen LogP contribution in [-0.2, 0) is 20.7 Å². The molecule has 0 aliphatic carbocycles. The standard InChI is InChI=1S/C17H18N2O5S/c1-10-17(22)19(8-16(20)21)13-7-11(3-4-14(13)24-10)12-9-25-15(18-12)5-6-23-2/h3-4,7,9-10H,5-6,8H2,1-2H3,(H,20,21). The minimum Gasteiger partial charge on any atom is -0.480 e. The summed E-state index contributed by atoms with van der Waals surface area (Å²) in [5, 5.41) is 12.0. The van der Waals surface area contributed by atoms with Crippen LogP contribution < -0.4 is 9.64 Å². The maximum atomic E-state index is 12.3. The normalized spacial score (nSPS) is 16.5. The van der Waals surface area contributed by atoms with Gasteiger partial charge in [0.2, 0.25) is 0 Å². The summed E-state index contributed by atoms with van der Waals surface area (Å²) in [4.78, 5) is 29.2. The highest BCUT2D eigenvalue weighted by Crippen LogP contribution is 2.37. The summed E-state index contributed by atoms with van der Waals surface area (Å²) in [7, 11) is 1.65. The number of fused-ring (bicyclic) bond motifs is 1. The Bertz CT molecular complexity index is 804. The van der Waals surface area contributed by atoms with Crippen LogP contribution >= 0.6 is 11.3 Å². The van der Waals surface area contributed by atoms with Crippen molar-refractivity contribution in [1.82, 2.24) is 4.98 Å². The average Bonchev–Trinajstić information content (AvgIpc) is 3.05. The SMILES string of the molecule is COCCc1nc(-c2ccc3c(c2)N(CC(=O)O)C(=O)C(C)O3)cs1. The third kappa shape index (κ3) is 3.64. The Hall–Kier alpha value is -2.45. The summed E-state index contributed by atoms with van der Waals surface area (Å²) in [6.45, 7) is 1.81. The largest absolute Gasteiger partial charge is 0.480 e. The number of benzene rings is 1. The van der Waals surface area contributed by atoms with Gasteiger partial charge in [-0.05, 0) is 25.1 Å². The highest BCUT2D eigenvalue weighted by molar-refractivity contribution is 7.09. The Morgan fingerprint density at radius 3 is 3.00 bits per heavy atom. The van der Waals surface area contributed by atoms with Gasteiger partial charge in [0.25, 0.3) is 5.91 Å². The molecular formula is C17H18N2O5S. The predicted molar refractivity (Wildman–Crippen MR) is 93.2 cm³/mol. The van der Waals surface area contributed by atoms with Gasteiger partial charge in [-0.15, -0.1) is 11.3 Å². The molecule has 1 amide bonds. The summed E-state index contributed by atoms with van der Waals surface area (Å²) in [6.07, 6.45) is 0.0220. The highest BCUT2D eigenvalue weighted by atomic mass is 32.1. The minimum atomic E-state index is -1.07. The van der Waals surface area contributed by atoms with Crippen molar-refractivity contribution in [3.8, 4) is 17.0 Å². The van der Waals surface area contributed by atoms with E-state index in [0.717, 1.165) is 22.7 Å². The third-order valence-electron chi connectivity index (χ3n) is 3.83. The van der Waals surface area contributed by atoms with E-state index in [2.05, 4.69) is 4.98 Å². The van der Waals surface area contributed by atoms with Crippen LogP contribution in [0.15, 0.2) is 23.6 Å². The van der Waals surface area contributed by atoms with E-state index in [9.17, 15) is 9.59 Å². The van der Waals surface area contributed by atoms with Crippen molar-refractivity contribution in [3.63, 3.8) is 0 Å². The number of anilines is 1. The van der Waals surface area contributed by atoms with Gasteiger partial charge in [-0.1, -0.05) is 0 Å². The molecule has 3 rings (SSSR count). The number of aliphatic carboxylic acids is 1. The summed E-state index contributed by atoms with van der Waals surface area (Å²) >= 11 is 1.54. The Labute approximate surface area is 148 Å². The molecule has 1 unspecified atom stereocenters.